The second kappa shape index (κ2) is 10.1. The smallest absolute Gasteiger partial charge is 0.338 e. The molecule has 0 aromatic heterocycles. The summed E-state index contributed by atoms with van der Waals surface area (Å²) in [5.41, 5.74) is 1.01. The molecule has 5 atom stereocenters. The van der Waals surface area contributed by atoms with Gasteiger partial charge >= 0.3 is 17.9 Å². The molecule has 0 N–H and O–H groups in total. The molecule has 0 aliphatic carbocycles. The van der Waals surface area contributed by atoms with Gasteiger partial charge in [0.15, 0.2) is 24.6 Å². The highest BCUT2D eigenvalue weighted by atomic mass is 16.8. The Labute approximate surface area is 201 Å². The van der Waals surface area contributed by atoms with Crippen LogP contribution in [0.3, 0.4) is 0 Å². The number of carbonyl (C=O) groups excluding carboxylic acids is 3. The van der Waals surface area contributed by atoms with Gasteiger partial charge in [-0.05, 0) is 36.4 Å². The molecule has 0 unspecified atom stereocenters. The predicted octanol–water partition coefficient (Wildman–Crippen LogP) is 3.42. The van der Waals surface area contributed by atoms with Crippen molar-refractivity contribution in [2.75, 3.05) is 6.61 Å². The molecule has 0 amide bonds. The van der Waals surface area contributed by atoms with Gasteiger partial charge in [-0.2, -0.15) is 0 Å². The average Bonchev–Trinajstić information content (AvgIpc) is 3.18. The minimum atomic E-state index is -1.06. The van der Waals surface area contributed by atoms with E-state index in [2.05, 4.69) is 0 Å². The van der Waals surface area contributed by atoms with Gasteiger partial charge in [0.2, 0.25) is 0 Å². The SMILES string of the molecule is O=C(O[C@H]1[C@@H](OC(=O)c2ccccc2)[C@H]2OC[C@@H](OC(=O)c3ccccc3)[C@H]1O2)c1ccccc1. The van der Waals surface area contributed by atoms with E-state index in [4.69, 9.17) is 23.7 Å². The molecule has 0 saturated carbocycles. The number of esters is 3. The lowest BCUT2D eigenvalue weighted by molar-refractivity contribution is -0.233. The Morgan fingerprint density at radius 3 is 1.51 bits per heavy atom. The van der Waals surface area contributed by atoms with Crippen LogP contribution in [0.1, 0.15) is 31.1 Å². The molecule has 2 fully saturated rings. The van der Waals surface area contributed by atoms with Crippen molar-refractivity contribution >= 4 is 17.9 Å². The van der Waals surface area contributed by atoms with Gasteiger partial charge in [-0.15, -0.1) is 0 Å². The van der Waals surface area contributed by atoms with Crippen LogP contribution in [0.2, 0.25) is 0 Å². The lowest BCUT2D eigenvalue weighted by Gasteiger charge is -2.29. The highest BCUT2D eigenvalue weighted by Gasteiger charge is 2.57. The fraction of sp³-hybridized carbons (Fsp3) is 0.222. The van der Waals surface area contributed by atoms with Gasteiger partial charge in [0.25, 0.3) is 0 Å². The Morgan fingerprint density at radius 1 is 0.600 bits per heavy atom. The molecule has 8 heteroatoms. The minimum Gasteiger partial charge on any atom is -0.453 e. The van der Waals surface area contributed by atoms with Crippen LogP contribution in [0.4, 0.5) is 0 Å². The molecular weight excluding hydrogens is 452 g/mol. The Hall–Kier alpha value is -4.01. The summed E-state index contributed by atoms with van der Waals surface area (Å²) in [5, 5.41) is 0. The summed E-state index contributed by atoms with van der Waals surface area (Å²) >= 11 is 0. The Morgan fingerprint density at radius 2 is 1.03 bits per heavy atom. The van der Waals surface area contributed by atoms with E-state index in [0.29, 0.717) is 16.7 Å². The van der Waals surface area contributed by atoms with Crippen LogP contribution in [0.15, 0.2) is 91.0 Å². The first-order chi connectivity index (χ1) is 17.1. The fourth-order valence-corrected chi connectivity index (χ4v) is 4.04. The molecule has 5 rings (SSSR count). The lowest BCUT2D eigenvalue weighted by atomic mass is 10.1. The van der Waals surface area contributed by atoms with Crippen molar-refractivity contribution in [1.29, 1.82) is 0 Å². The van der Waals surface area contributed by atoms with E-state index in [-0.39, 0.29) is 6.61 Å². The second-order valence-electron chi connectivity index (χ2n) is 8.08. The van der Waals surface area contributed by atoms with E-state index in [1.165, 1.54) is 0 Å². The summed E-state index contributed by atoms with van der Waals surface area (Å²) in [6.45, 7) is -0.00726. The third-order valence-corrected chi connectivity index (χ3v) is 5.77. The van der Waals surface area contributed by atoms with Gasteiger partial charge in [-0.1, -0.05) is 54.6 Å². The zero-order valence-electron chi connectivity index (χ0n) is 18.5. The zero-order chi connectivity index (χ0) is 24.2. The number of carbonyl (C=O) groups is 3. The summed E-state index contributed by atoms with van der Waals surface area (Å²) in [6.07, 6.45) is -4.86. The zero-order valence-corrected chi connectivity index (χ0v) is 18.5. The maximum Gasteiger partial charge on any atom is 0.338 e. The van der Waals surface area contributed by atoms with Gasteiger partial charge in [-0.25, -0.2) is 14.4 Å². The Kier molecular flexibility index (Phi) is 6.56. The highest BCUT2D eigenvalue weighted by Crippen LogP contribution is 2.36. The molecule has 2 heterocycles. The van der Waals surface area contributed by atoms with Crippen molar-refractivity contribution in [2.24, 2.45) is 0 Å². The molecular formula is C27H22O8. The quantitative estimate of drug-likeness (QED) is 0.396. The van der Waals surface area contributed by atoms with Gasteiger partial charge < -0.3 is 23.7 Å². The Balaban J connectivity index is 1.38. The molecule has 3 aromatic rings. The number of hydrogen-bond donors (Lipinski definition) is 0. The van der Waals surface area contributed by atoms with Crippen LogP contribution < -0.4 is 0 Å². The van der Waals surface area contributed by atoms with Crippen molar-refractivity contribution in [3.05, 3.63) is 108 Å². The molecule has 8 nitrogen and oxygen atoms in total. The molecule has 2 saturated heterocycles. The van der Waals surface area contributed by atoms with Crippen LogP contribution in [0.5, 0.6) is 0 Å². The third-order valence-electron chi connectivity index (χ3n) is 5.77. The molecule has 3 aromatic carbocycles. The van der Waals surface area contributed by atoms with Gasteiger partial charge in [0.05, 0.1) is 23.3 Å². The van der Waals surface area contributed by atoms with Crippen LogP contribution in [0, 0.1) is 0 Å². The highest BCUT2D eigenvalue weighted by molar-refractivity contribution is 5.91. The largest absolute Gasteiger partial charge is 0.453 e. The monoisotopic (exact) mass is 474 g/mol. The lowest BCUT2D eigenvalue weighted by Crippen LogP contribution is -2.46. The summed E-state index contributed by atoms with van der Waals surface area (Å²) < 4.78 is 28.7. The van der Waals surface area contributed by atoms with Crippen LogP contribution >= 0.6 is 0 Å². The molecule has 2 bridgehead atoms. The van der Waals surface area contributed by atoms with Crippen molar-refractivity contribution < 1.29 is 38.1 Å². The van der Waals surface area contributed by atoms with Crippen molar-refractivity contribution in [3.8, 4) is 0 Å². The molecule has 0 spiro atoms. The molecule has 0 radical (unpaired) electrons. The van der Waals surface area contributed by atoms with Crippen LogP contribution in [0.25, 0.3) is 0 Å². The average molecular weight is 474 g/mol. The predicted molar refractivity (Wildman–Crippen MR) is 122 cm³/mol. The topological polar surface area (TPSA) is 97.4 Å². The fourth-order valence-electron chi connectivity index (χ4n) is 4.04. The number of hydrogen-bond acceptors (Lipinski definition) is 8. The van der Waals surface area contributed by atoms with Crippen molar-refractivity contribution in [1.82, 2.24) is 0 Å². The summed E-state index contributed by atoms with van der Waals surface area (Å²) in [4.78, 5) is 38.3. The molecule has 178 valence electrons. The first kappa shape index (κ1) is 22.8. The van der Waals surface area contributed by atoms with E-state index >= 15 is 0 Å². The second-order valence-corrected chi connectivity index (χ2v) is 8.08. The standard InChI is InChI=1S/C27H22O8/c28-24(17-10-4-1-5-11-17)32-20-16-31-27-23(34-26(30)19-14-8-3-9-15-19)22(21(20)35-27)33-25(29)18-12-6-2-7-13-18/h1-15,20-23,27H,16H2/t20-,21-,22-,23-,27+/m1/s1. The molecule has 2 aliphatic rings. The van der Waals surface area contributed by atoms with E-state index in [1.807, 2.05) is 0 Å². The van der Waals surface area contributed by atoms with Crippen molar-refractivity contribution in [3.63, 3.8) is 0 Å². The third kappa shape index (κ3) is 4.94. The number of ether oxygens (including phenoxy) is 5. The van der Waals surface area contributed by atoms with Gasteiger partial charge in [0.1, 0.15) is 6.10 Å². The van der Waals surface area contributed by atoms with E-state index in [9.17, 15) is 14.4 Å². The number of fused-ring (bicyclic) bond motifs is 2. The van der Waals surface area contributed by atoms with E-state index in [0.717, 1.165) is 0 Å². The normalized spacial score (nSPS) is 24.9. The number of benzene rings is 3. The molecule has 2 aliphatic heterocycles. The van der Waals surface area contributed by atoms with Crippen LogP contribution in [-0.2, 0) is 23.7 Å². The number of rotatable bonds is 6. The van der Waals surface area contributed by atoms with Gasteiger partial charge in [0, 0.05) is 0 Å². The maximum atomic E-state index is 12.9. The molecule has 35 heavy (non-hydrogen) atoms. The summed E-state index contributed by atoms with van der Waals surface area (Å²) in [6, 6.07) is 25.3. The van der Waals surface area contributed by atoms with E-state index in [1.54, 1.807) is 91.0 Å². The first-order valence-corrected chi connectivity index (χ1v) is 11.2. The van der Waals surface area contributed by atoms with Gasteiger partial charge in [-0.3, -0.25) is 0 Å². The van der Waals surface area contributed by atoms with Crippen molar-refractivity contribution in [2.45, 2.75) is 30.7 Å². The summed E-state index contributed by atoms with van der Waals surface area (Å²) in [7, 11) is 0. The minimum absolute atomic E-state index is 0.00726. The Bertz CT molecular complexity index is 1180. The first-order valence-electron chi connectivity index (χ1n) is 11.2. The maximum absolute atomic E-state index is 12.9. The van der Waals surface area contributed by atoms with Crippen LogP contribution in [-0.4, -0.2) is 55.2 Å². The summed E-state index contributed by atoms with van der Waals surface area (Å²) in [5.74, 6) is -1.81. The van der Waals surface area contributed by atoms with E-state index < -0.39 is 48.6 Å².